The number of nitrogens with two attached hydrogens (primary N) is 1. The first-order valence-electron chi connectivity index (χ1n) is 7.65. The van der Waals surface area contributed by atoms with Gasteiger partial charge in [-0.05, 0) is 49.8 Å². The molecule has 0 spiro atoms. The summed E-state index contributed by atoms with van der Waals surface area (Å²) in [6, 6.07) is 5.40. The summed E-state index contributed by atoms with van der Waals surface area (Å²) in [5, 5.41) is 4.37. The van der Waals surface area contributed by atoms with Gasteiger partial charge in [0.05, 0.1) is 6.04 Å². The van der Waals surface area contributed by atoms with Crippen LogP contribution in [0.4, 0.5) is 0 Å². The summed E-state index contributed by atoms with van der Waals surface area (Å²) >= 11 is 12.1. The molecule has 0 aromatic heterocycles. The molecule has 1 unspecified atom stereocenters. The van der Waals surface area contributed by atoms with Gasteiger partial charge in [-0.2, -0.15) is 0 Å². The quantitative estimate of drug-likeness (QED) is 0.429. The summed E-state index contributed by atoms with van der Waals surface area (Å²) in [7, 11) is 0. The molecular weight excluding hydrogens is 321 g/mol. The van der Waals surface area contributed by atoms with E-state index in [0.29, 0.717) is 22.5 Å². The average Bonchev–Trinajstić information content (AvgIpc) is 3.26. The molecular formula is C16H23Cl2N3O. The summed E-state index contributed by atoms with van der Waals surface area (Å²) in [6.45, 7) is 4.27. The second kappa shape index (κ2) is 8.61. The normalized spacial score (nSPS) is 16.6. The van der Waals surface area contributed by atoms with Crippen molar-refractivity contribution in [2.45, 2.75) is 32.2 Å². The van der Waals surface area contributed by atoms with E-state index in [4.69, 9.17) is 33.7 Å². The Morgan fingerprint density at radius 3 is 2.91 bits per heavy atom. The summed E-state index contributed by atoms with van der Waals surface area (Å²) in [5.41, 5.74) is 6.84. The first kappa shape index (κ1) is 17.4. The Morgan fingerprint density at radius 2 is 2.23 bits per heavy atom. The van der Waals surface area contributed by atoms with Crippen molar-refractivity contribution in [1.82, 2.24) is 5.32 Å². The molecule has 1 aromatic carbocycles. The number of nitrogens with zero attached hydrogens (tertiary/aromatic N) is 1. The van der Waals surface area contributed by atoms with E-state index in [2.05, 4.69) is 10.3 Å². The van der Waals surface area contributed by atoms with Gasteiger partial charge in [0.15, 0.2) is 5.96 Å². The zero-order chi connectivity index (χ0) is 15.9. The van der Waals surface area contributed by atoms with E-state index in [9.17, 15) is 0 Å². The van der Waals surface area contributed by atoms with E-state index in [1.54, 1.807) is 6.07 Å². The summed E-state index contributed by atoms with van der Waals surface area (Å²) < 4.78 is 5.56. The molecule has 1 saturated carbocycles. The van der Waals surface area contributed by atoms with E-state index in [1.807, 2.05) is 19.1 Å². The van der Waals surface area contributed by atoms with E-state index < -0.39 is 0 Å². The standard InChI is InChI=1S/C16H23Cl2N3O/c1-11(14-6-5-13(17)9-15(14)18)21-16(19)20-7-2-8-22-10-12-3-4-12/h5-6,9,11-12H,2-4,7-8,10H2,1H3,(H3,19,20,21). The van der Waals surface area contributed by atoms with Gasteiger partial charge in [-0.25, -0.2) is 0 Å². The minimum atomic E-state index is -0.0281. The monoisotopic (exact) mass is 343 g/mol. The van der Waals surface area contributed by atoms with Gasteiger partial charge in [0.1, 0.15) is 0 Å². The second-order valence-electron chi connectivity index (χ2n) is 5.67. The Balaban J connectivity index is 1.69. The Morgan fingerprint density at radius 1 is 1.45 bits per heavy atom. The van der Waals surface area contributed by atoms with Crippen LogP contribution in [0.1, 0.15) is 37.8 Å². The first-order valence-corrected chi connectivity index (χ1v) is 8.41. The molecule has 1 aromatic rings. The van der Waals surface area contributed by atoms with Crippen LogP contribution >= 0.6 is 23.2 Å². The van der Waals surface area contributed by atoms with Crippen LogP contribution in [-0.2, 0) is 4.74 Å². The topological polar surface area (TPSA) is 59.6 Å². The van der Waals surface area contributed by atoms with Crippen molar-refractivity contribution < 1.29 is 4.74 Å². The minimum absolute atomic E-state index is 0.0281. The van der Waals surface area contributed by atoms with Crippen molar-refractivity contribution in [1.29, 1.82) is 0 Å². The maximum absolute atomic E-state index is 6.18. The van der Waals surface area contributed by atoms with E-state index in [0.717, 1.165) is 31.1 Å². The summed E-state index contributed by atoms with van der Waals surface area (Å²) in [6.07, 6.45) is 3.52. The highest BCUT2D eigenvalue weighted by molar-refractivity contribution is 6.35. The molecule has 0 aliphatic heterocycles. The molecule has 1 aliphatic carbocycles. The maximum Gasteiger partial charge on any atom is 0.189 e. The number of nitrogens with one attached hydrogen (secondary N) is 1. The molecule has 4 nitrogen and oxygen atoms in total. The summed E-state index contributed by atoms with van der Waals surface area (Å²) in [4.78, 5) is 4.30. The third-order valence-corrected chi connectivity index (χ3v) is 4.14. The molecule has 0 heterocycles. The van der Waals surface area contributed by atoms with Crippen molar-refractivity contribution in [2.75, 3.05) is 19.8 Å². The van der Waals surface area contributed by atoms with Crippen LogP contribution in [0.2, 0.25) is 10.0 Å². The number of hydrogen-bond donors (Lipinski definition) is 2. The number of aliphatic imine (C=N–C) groups is 1. The second-order valence-corrected chi connectivity index (χ2v) is 6.51. The molecule has 3 N–H and O–H groups in total. The van der Waals surface area contributed by atoms with E-state index >= 15 is 0 Å². The van der Waals surface area contributed by atoms with E-state index in [1.165, 1.54) is 12.8 Å². The van der Waals surface area contributed by atoms with Gasteiger partial charge in [0.2, 0.25) is 0 Å². The number of guanidine groups is 1. The molecule has 0 amide bonds. The number of hydrogen-bond acceptors (Lipinski definition) is 2. The SMILES string of the molecule is CC(NC(N)=NCCCOCC1CC1)c1ccc(Cl)cc1Cl. The summed E-state index contributed by atoms with van der Waals surface area (Å²) in [5.74, 6) is 1.22. The lowest BCUT2D eigenvalue weighted by Crippen LogP contribution is -2.34. The van der Waals surface area contributed by atoms with Crippen LogP contribution < -0.4 is 11.1 Å². The van der Waals surface area contributed by atoms with E-state index in [-0.39, 0.29) is 6.04 Å². The van der Waals surface area contributed by atoms with Gasteiger partial charge in [-0.1, -0.05) is 29.3 Å². The predicted molar refractivity (Wildman–Crippen MR) is 92.7 cm³/mol. The Hall–Kier alpha value is -0.970. The third-order valence-electron chi connectivity index (χ3n) is 3.57. The highest BCUT2D eigenvalue weighted by Gasteiger charge is 2.20. The molecule has 0 saturated heterocycles. The molecule has 1 fully saturated rings. The van der Waals surface area contributed by atoms with Crippen molar-refractivity contribution >= 4 is 29.2 Å². The molecule has 22 heavy (non-hydrogen) atoms. The number of halogens is 2. The zero-order valence-electron chi connectivity index (χ0n) is 12.8. The van der Waals surface area contributed by atoms with Gasteiger partial charge >= 0.3 is 0 Å². The Kier molecular flexibility index (Phi) is 6.80. The Labute approximate surface area is 142 Å². The molecule has 122 valence electrons. The fraction of sp³-hybridized carbons (Fsp3) is 0.562. The molecule has 1 aliphatic rings. The lowest BCUT2D eigenvalue weighted by molar-refractivity contribution is 0.123. The third kappa shape index (κ3) is 6.03. The van der Waals surface area contributed by atoms with Gasteiger partial charge < -0.3 is 15.8 Å². The van der Waals surface area contributed by atoms with Gasteiger partial charge in [0.25, 0.3) is 0 Å². The number of ether oxygens (including phenoxy) is 1. The average molecular weight is 344 g/mol. The van der Waals surface area contributed by atoms with Crippen molar-refractivity contribution in [2.24, 2.45) is 16.6 Å². The van der Waals surface area contributed by atoms with Gasteiger partial charge in [0, 0.05) is 29.8 Å². The van der Waals surface area contributed by atoms with Crippen molar-refractivity contribution in [3.8, 4) is 0 Å². The predicted octanol–water partition coefficient (Wildman–Crippen LogP) is 3.78. The van der Waals surface area contributed by atoms with Crippen LogP contribution in [0.15, 0.2) is 23.2 Å². The minimum Gasteiger partial charge on any atom is -0.381 e. The van der Waals surface area contributed by atoms with Crippen LogP contribution in [0, 0.1) is 5.92 Å². The number of rotatable bonds is 8. The van der Waals surface area contributed by atoms with Crippen molar-refractivity contribution in [3.63, 3.8) is 0 Å². The molecule has 1 atom stereocenters. The molecule has 2 rings (SSSR count). The number of benzene rings is 1. The fourth-order valence-electron chi connectivity index (χ4n) is 2.10. The van der Waals surface area contributed by atoms with Crippen molar-refractivity contribution in [3.05, 3.63) is 33.8 Å². The lowest BCUT2D eigenvalue weighted by atomic mass is 10.1. The first-order chi connectivity index (χ1) is 10.6. The highest BCUT2D eigenvalue weighted by Crippen LogP contribution is 2.28. The van der Waals surface area contributed by atoms with Crippen LogP contribution in [-0.4, -0.2) is 25.7 Å². The molecule has 0 radical (unpaired) electrons. The maximum atomic E-state index is 6.18. The van der Waals surface area contributed by atoms with Crippen LogP contribution in [0.3, 0.4) is 0 Å². The lowest BCUT2D eigenvalue weighted by Gasteiger charge is -2.16. The largest absolute Gasteiger partial charge is 0.381 e. The molecule has 0 bridgehead atoms. The highest BCUT2D eigenvalue weighted by atomic mass is 35.5. The fourth-order valence-corrected chi connectivity index (χ4v) is 2.67. The van der Waals surface area contributed by atoms with Gasteiger partial charge in [-0.3, -0.25) is 4.99 Å². The van der Waals surface area contributed by atoms with Gasteiger partial charge in [-0.15, -0.1) is 0 Å². The Bertz CT molecular complexity index is 518. The smallest absolute Gasteiger partial charge is 0.189 e. The zero-order valence-corrected chi connectivity index (χ0v) is 14.3. The van der Waals surface area contributed by atoms with Crippen LogP contribution in [0.5, 0.6) is 0 Å². The molecule has 6 heteroatoms. The van der Waals surface area contributed by atoms with Crippen LogP contribution in [0.25, 0.3) is 0 Å².